The fourth-order valence-electron chi connectivity index (χ4n) is 4.80. The van der Waals surface area contributed by atoms with Gasteiger partial charge in [0.05, 0.1) is 17.0 Å². The number of fused-ring (bicyclic) bond motifs is 3. The average molecular weight is 471 g/mol. The van der Waals surface area contributed by atoms with Gasteiger partial charge in [-0.25, -0.2) is 4.39 Å². The van der Waals surface area contributed by atoms with Gasteiger partial charge in [0.15, 0.2) is 16.9 Å². The number of hydrogen-bond acceptors (Lipinski definition) is 5. The number of rotatable bonds is 4. The lowest BCUT2D eigenvalue weighted by molar-refractivity contribution is 0.0714. The van der Waals surface area contributed by atoms with Crippen LogP contribution < -0.4 is 14.9 Å². The maximum Gasteiger partial charge on any atom is 0.291 e. The van der Waals surface area contributed by atoms with Gasteiger partial charge in [0.1, 0.15) is 11.4 Å². The van der Waals surface area contributed by atoms with Crippen molar-refractivity contribution in [3.8, 4) is 11.5 Å². The van der Waals surface area contributed by atoms with Gasteiger partial charge in [-0.2, -0.15) is 0 Å². The maximum atomic E-state index is 14.0. The average Bonchev–Trinajstić information content (AvgIpc) is 3.43. The molecule has 6 nitrogen and oxygen atoms in total. The third-order valence-electron chi connectivity index (χ3n) is 6.64. The Kier molecular flexibility index (Phi) is 4.88. The number of hydrogen-bond donors (Lipinski definition) is 0. The van der Waals surface area contributed by atoms with Crippen LogP contribution in [0.15, 0.2) is 69.9 Å². The highest BCUT2D eigenvalue weighted by atomic mass is 19.1. The second-order valence-corrected chi connectivity index (χ2v) is 9.16. The van der Waals surface area contributed by atoms with Gasteiger partial charge in [-0.15, -0.1) is 0 Å². The number of carbonyl (C=O) groups excluding carboxylic acids is 1. The van der Waals surface area contributed by atoms with Crippen LogP contribution in [0, 0.1) is 5.82 Å². The molecule has 0 unspecified atom stereocenters. The molecule has 3 aromatic carbocycles. The van der Waals surface area contributed by atoms with E-state index in [0.29, 0.717) is 17.4 Å². The minimum Gasteiger partial charge on any atom is -0.454 e. The van der Waals surface area contributed by atoms with Crippen LogP contribution in [0.4, 0.5) is 4.39 Å². The molecule has 4 aromatic rings. The SMILES string of the molecule is CC(C)c1ccc([C@H]2c3c(oc4ccc(F)cc4c3=O)C(=O)N2Cc2ccc3c(c2)OCO3)cc1. The molecule has 7 heteroatoms. The second kappa shape index (κ2) is 7.98. The first-order valence-electron chi connectivity index (χ1n) is 11.5. The molecule has 1 atom stereocenters. The van der Waals surface area contributed by atoms with Gasteiger partial charge in [-0.3, -0.25) is 9.59 Å². The van der Waals surface area contributed by atoms with Crippen LogP contribution in [0.2, 0.25) is 0 Å². The lowest BCUT2D eigenvalue weighted by Crippen LogP contribution is -2.29. The smallest absolute Gasteiger partial charge is 0.291 e. The minimum absolute atomic E-state index is 0.00668. The van der Waals surface area contributed by atoms with Crippen molar-refractivity contribution in [3.05, 3.63) is 105 Å². The summed E-state index contributed by atoms with van der Waals surface area (Å²) in [6.07, 6.45) is 0. The summed E-state index contributed by atoms with van der Waals surface area (Å²) < 4.78 is 30.8. The molecule has 0 spiro atoms. The zero-order valence-electron chi connectivity index (χ0n) is 19.2. The Hall–Kier alpha value is -4.13. The van der Waals surface area contributed by atoms with Crippen molar-refractivity contribution in [2.24, 2.45) is 0 Å². The number of carbonyl (C=O) groups is 1. The Morgan fingerprint density at radius 3 is 2.51 bits per heavy atom. The van der Waals surface area contributed by atoms with Crippen molar-refractivity contribution < 1.29 is 23.1 Å². The van der Waals surface area contributed by atoms with Crippen LogP contribution >= 0.6 is 0 Å². The van der Waals surface area contributed by atoms with Gasteiger partial charge in [-0.1, -0.05) is 44.2 Å². The second-order valence-electron chi connectivity index (χ2n) is 9.16. The molecule has 0 saturated heterocycles. The van der Waals surface area contributed by atoms with Crippen molar-refractivity contribution in [2.45, 2.75) is 32.4 Å². The summed E-state index contributed by atoms with van der Waals surface area (Å²) in [5.74, 6) is 0.662. The van der Waals surface area contributed by atoms with Gasteiger partial charge < -0.3 is 18.8 Å². The molecule has 0 radical (unpaired) electrons. The molecule has 1 aromatic heterocycles. The first-order chi connectivity index (χ1) is 16.9. The molecular formula is C28H22FNO5. The topological polar surface area (TPSA) is 69.0 Å². The Bertz CT molecular complexity index is 1540. The van der Waals surface area contributed by atoms with Crippen molar-refractivity contribution >= 4 is 16.9 Å². The van der Waals surface area contributed by atoms with Crippen LogP contribution in [0.1, 0.15) is 58.6 Å². The highest BCUT2D eigenvalue weighted by Gasteiger charge is 2.42. The van der Waals surface area contributed by atoms with Crippen LogP contribution in [0.25, 0.3) is 11.0 Å². The molecule has 2 aliphatic heterocycles. The molecule has 176 valence electrons. The molecule has 0 N–H and O–H groups in total. The fourth-order valence-corrected chi connectivity index (χ4v) is 4.80. The largest absolute Gasteiger partial charge is 0.454 e. The van der Waals surface area contributed by atoms with E-state index in [1.807, 2.05) is 36.4 Å². The summed E-state index contributed by atoms with van der Waals surface area (Å²) in [5, 5.41) is 0.116. The van der Waals surface area contributed by atoms with E-state index in [2.05, 4.69) is 13.8 Å². The monoisotopic (exact) mass is 471 g/mol. The molecule has 0 saturated carbocycles. The third-order valence-corrected chi connectivity index (χ3v) is 6.64. The third kappa shape index (κ3) is 3.46. The number of ether oxygens (including phenoxy) is 2. The van der Waals surface area contributed by atoms with Crippen LogP contribution in [0.3, 0.4) is 0 Å². The quantitative estimate of drug-likeness (QED) is 0.392. The van der Waals surface area contributed by atoms with Crippen molar-refractivity contribution in [1.29, 1.82) is 0 Å². The zero-order valence-corrected chi connectivity index (χ0v) is 19.2. The number of halogens is 1. The molecule has 0 bridgehead atoms. The summed E-state index contributed by atoms with van der Waals surface area (Å²) >= 11 is 0. The Labute approximate surface area is 200 Å². The fraction of sp³-hybridized carbons (Fsp3) is 0.214. The maximum absolute atomic E-state index is 14.0. The molecular weight excluding hydrogens is 449 g/mol. The van der Waals surface area contributed by atoms with Gasteiger partial charge >= 0.3 is 0 Å². The highest BCUT2D eigenvalue weighted by molar-refractivity contribution is 5.99. The van der Waals surface area contributed by atoms with E-state index in [1.165, 1.54) is 12.1 Å². The Balaban J connectivity index is 1.51. The predicted octanol–water partition coefficient (Wildman–Crippen LogP) is 5.53. The molecule has 1 amide bonds. The van der Waals surface area contributed by atoms with Gasteiger partial charge in [0, 0.05) is 6.54 Å². The number of nitrogens with zero attached hydrogens (tertiary/aromatic N) is 1. The van der Waals surface area contributed by atoms with E-state index in [0.717, 1.165) is 22.8 Å². The molecule has 6 rings (SSSR count). The summed E-state index contributed by atoms with van der Waals surface area (Å²) in [6.45, 7) is 4.58. The van der Waals surface area contributed by atoms with E-state index in [-0.39, 0.29) is 41.5 Å². The minimum atomic E-state index is -0.673. The van der Waals surface area contributed by atoms with Crippen LogP contribution in [-0.4, -0.2) is 17.6 Å². The van der Waals surface area contributed by atoms with Crippen LogP contribution in [0.5, 0.6) is 11.5 Å². The van der Waals surface area contributed by atoms with Crippen molar-refractivity contribution in [1.82, 2.24) is 4.90 Å². The Morgan fingerprint density at radius 1 is 0.971 bits per heavy atom. The summed E-state index contributed by atoms with van der Waals surface area (Å²) in [4.78, 5) is 28.8. The lowest BCUT2D eigenvalue weighted by Gasteiger charge is -2.25. The van der Waals surface area contributed by atoms with E-state index >= 15 is 0 Å². The summed E-state index contributed by atoms with van der Waals surface area (Å²) in [7, 11) is 0. The van der Waals surface area contributed by atoms with E-state index in [1.54, 1.807) is 11.0 Å². The molecule has 35 heavy (non-hydrogen) atoms. The van der Waals surface area contributed by atoms with Gasteiger partial charge in [0.25, 0.3) is 5.91 Å². The molecule has 0 fully saturated rings. The first kappa shape index (κ1) is 21.4. The standard InChI is InChI=1S/C28H22FNO5/c1-15(2)17-4-6-18(7-5-17)25-24-26(31)20-12-19(29)8-10-21(20)35-27(24)28(32)30(25)13-16-3-9-22-23(11-16)34-14-33-22/h3-12,15,25H,13-14H2,1-2H3/t25-/m0/s1. The number of benzene rings is 3. The van der Waals surface area contributed by atoms with Crippen molar-refractivity contribution in [3.63, 3.8) is 0 Å². The van der Waals surface area contributed by atoms with Gasteiger partial charge in [0.2, 0.25) is 12.6 Å². The highest BCUT2D eigenvalue weighted by Crippen LogP contribution is 2.40. The van der Waals surface area contributed by atoms with Crippen LogP contribution in [-0.2, 0) is 6.54 Å². The predicted molar refractivity (Wildman–Crippen MR) is 127 cm³/mol. The lowest BCUT2D eigenvalue weighted by atomic mass is 9.95. The number of amides is 1. The molecule has 2 aliphatic rings. The van der Waals surface area contributed by atoms with Crippen molar-refractivity contribution in [2.75, 3.05) is 6.79 Å². The molecule has 0 aliphatic carbocycles. The summed E-state index contributed by atoms with van der Waals surface area (Å²) in [6, 6.07) is 16.5. The normalized spacial score (nSPS) is 16.4. The first-order valence-corrected chi connectivity index (χ1v) is 11.5. The zero-order chi connectivity index (χ0) is 24.3. The van der Waals surface area contributed by atoms with Gasteiger partial charge in [-0.05, 0) is 52.9 Å². The molecule has 3 heterocycles. The summed E-state index contributed by atoms with van der Waals surface area (Å²) in [5.41, 5.74) is 2.76. The Morgan fingerprint density at radius 2 is 1.74 bits per heavy atom. The van der Waals surface area contributed by atoms with E-state index in [9.17, 15) is 14.0 Å². The van der Waals surface area contributed by atoms with E-state index < -0.39 is 17.3 Å². The van der Waals surface area contributed by atoms with E-state index in [4.69, 9.17) is 13.9 Å².